The summed E-state index contributed by atoms with van der Waals surface area (Å²) in [5.74, 6) is -0.596. The summed E-state index contributed by atoms with van der Waals surface area (Å²) in [5.41, 5.74) is 2.80. The molecule has 0 bridgehead atoms. The summed E-state index contributed by atoms with van der Waals surface area (Å²) < 4.78 is 26.9. The Hall–Kier alpha value is -3.65. The van der Waals surface area contributed by atoms with Gasteiger partial charge < -0.3 is 10.6 Å². The Balaban J connectivity index is 1.79. The van der Waals surface area contributed by atoms with Gasteiger partial charge in [-0.05, 0) is 61.0 Å². The van der Waals surface area contributed by atoms with Crippen LogP contribution in [0.2, 0.25) is 0 Å². The lowest BCUT2D eigenvalue weighted by molar-refractivity contribution is -0.114. The first kappa shape index (κ1) is 22.0. The highest BCUT2D eigenvalue weighted by Crippen LogP contribution is 2.23. The van der Waals surface area contributed by atoms with E-state index in [0.717, 1.165) is 5.56 Å². The Morgan fingerprint density at radius 3 is 2.13 bits per heavy atom. The monoisotopic (exact) mass is 437 g/mol. The van der Waals surface area contributed by atoms with Crippen LogP contribution in [0.4, 0.5) is 17.1 Å². The van der Waals surface area contributed by atoms with Crippen LogP contribution in [0.25, 0.3) is 0 Å². The minimum absolute atomic E-state index is 0.0826. The maximum Gasteiger partial charge on any atom is 0.264 e. The standard InChI is InChI=1S/C23H23N3O4S/c1-16-9-12-19(24-17(2)27)15-22(16)25-23(28)18-10-13-21(14-11-18)31(29,30)26(3)20-7-5-4-6-8-20/h4-15H,1-3H3,(H,24,27)(H,25,28). The molecule has 0 saturated heterocycles. The van der Waals surface area contributed by atoms with E-state index < -0.39 is 10.0 Å². The maximum absolute atomic E-state index is 12.9. The number of aryl methyl sites for hydroxylation is 1. The van der Waals surface area contributed by atoms with E-state index in [-0.39, 0.29) is 16.7 Å². The van der Waals surface area contributed by atoms with Gasteiger partial charge in [-0.25, -0.2) is 8.42 Å². The van der Waals surface area contributed by atoms with Gasteiger partial charge in [0.15, 0.2) is 0 Å². The molecule has 0 aliphatic rings. The van der Waals surface area contributed by atoms with Crippen molar-refractivity contribution in [2.45, 2.75) is 18.7 Å². The summed E-state index contributed by atoms with van der Waals surface area (Å²) in [6, 6.07) is 19.7. The molecule has 0 atom stereocenters. The summed E-state index contributed by atoms with van der Waals surface area (Å²) >= 11 is 0. The van der Waals surface area contributed by atoms with E-state index in [2.05, 4.69) is 10.6 Å². The molecule has 31 heavy (non-hydrogen) atoms. The zero-order valence-electron chi connectivity index (χ0n) is 17.4. The van der Waals surface area contributed by atoms with E-state index in [1.807, 2.05) is 13.0 Å². The number of carbonyl (C=O) groups is 2. The van der Waals surface area contributed by atoms with Crippen molar-refractivity contribution >= 4 is 38.9 Å². The Morgan fingerprint density at radius 2 is 1.52 bits per heavy atom. The van der Waals surface area contributed by atoms with Gasteiger partial charge in [0, 0.05) is 30.9 Å². The second kappa shape index (κ2) is 9.01. The van der Waals surface area contributed by atoms with Crippen molar-refractivity contribution in [3.05, 3.63) is 83.9 Å². The SMILES string of the molecule is CC(=O)Nc1ccc(C)c(NC(=O)c2ccc(S(=O)(=O)N(C)c3ccccc3)cc2)c1. The van der Waals surface area contributed by atoms with Crippen LogP contribution in [0.5, 0.6) is 0 Å². The number of amides is 2. The van der Waals surface area contributed by atoms with E-state index in [1.165, 1.54) is 42.5 Å². The van der Waals surface area contributed by atoms with E-state index in [1.54, 1.807) is 42.5 Å². The van der Waals surface area contributed by atoms with Gasteiger partial charge in [0.2, 0.25) is 5.91 Å². The van der Waals surface area contributed by atoms with Crippen molar-refractivity contribution in [1.82, 2.24) is 0 Å². The number of benzene rings is 3. The molecule has 8 heteroatoms. The fraction of sp³-hybridized carbons (Fsp3) is 0.130. The fourth-order valence-corrected chi connectivity index (χ4v) is 4.14. The largest absolute Gasteiger partial charge is 0.326 e. The topological polar surface area (TPSA) is 95.6 Å². The van der Waals surface area contributed by atoms with Crippen LogP contribution in [-0.4, -0.2) is 27.3 Å². The Bertz CT molecular complexity index is 1210. The number of hydrogen-bond acceptors (Lipinski definition) is 4. The fourth-order valence-electron chi connectivity index (χ4n) is 2.95. The first-order valence-corrected chi connectivity index (χ1v) is 11.0. The number of para-hydroxylation sites is 1. The lowest BCUT2D eigenvalue weighted by atomic mass is 10.1. The van der Waals surface area contributed by atoms with Crippen molar-refractivity contribution in [1.29, 1.82) is 0 Å². The van der Waals surface area contributed by atoms with Gasteiger partial charge in [0.05, 0.1) is 10.6 Å². The van der Waals surface area contributed by atoms with E-state index >= 15 is 0 Å². The number of anilines is 3. The molecule has 0 aliphatic heterocycles. The predicted octanol–water partition coefficient (Wildman–Crippen LogP) is 4.03. The van der Waals surface area contributed by atoms with Crippen LogP contribution in [0.15, 0.2) is 77.7 Å². The lowest BCUT2D eigenvalue weighted by Crippen LogP contribution is -2.26. The molecule has 3 aromatic rings. The number of rotatable bonds is 6. The number of nitrogens with zero attached hydrogens (tertiary/aromatic N) is 1. The van der Waals surface area contributed by atoms with Crippen LogP contribution in [0.3, 0.4) is 0 Å². The van der Waals surface area contributed by atoms with Gasteiger partial charge in [-0.3, -0.25) is 13.9 Å². The van der Waals surface area contributed by atoms with Gasteiger partial charge in [0.1, 0.15) is 0 Å². The van der Waals surface area contributed by atoms with E-state index in [0.29, 0.717) is 22.6 Å². The minimum Gasteiger partial charge on any atom is -0.326 e. The molecule has 0 unspecified atom stereocenters. The summed E-state index contributed by atoms with van der Waals surface area (Å²) in [4.78, 5) is 24.0. The average Bonchev–Trinajstić information content (AvgIpc) is 2.75. The average molecular weight is 438 g/mol. The number of carbonyl (C=O) groups excluding carboxylic acids is 2. The number of nitrogens with one attached hydrogen (secondary N) is 2. The highest BCUT2D eigenvalue weighted by Gasteiger charge is 2.21. The first-order chi connectivity index (χ1) is 14.7. The van der Waals surface area contributed by atoms with Gasteiger partial charge >= 0.3 is 0 Å². The van der Waals surface area contributed by atoms with Crippen molar-refractivity contribution in [3.63, 3.8) is 0 Å². The van der Waals surface area contributed by atoms with Crippen LogP contribution in [-0.2, 0) is 14.8 Å². The van der Waals surface area contributed by atoms with E-state index in [9.17, 15) is 18.0 Å². The molecular formula is C23H23N3O4S. The molecule has 0 spiro atoms. The second-order valence-electron chi connectivity index (χ2n) is 7.00. The lowest BCUT2D eigenvalue weighted by Gasteiger charge is -2.19. The highest BCUT2D eigenvalue weighted by molar-refractivity contribution is 7.92. The molecule has 3 aromatic carbocycles. The smallest absolute Gasteiger partial charge is 0.264 e. The quantitative estimate of drug-likeness (QED) is 0.609. The third-order valence-electron chi connectivity index (χ3n) is 4.70. The van der Waals surface area contributed by atoms with Gasteiger partial charge in [-0.15, -0.1) is 0 Å². The molecule has 0 aliphatic carbocycles. The van der Waals surface area contributed by atoms with E-state index in [4.69, 9.17) is 0 Å². The van der Waals surface area contributed by atoms with Crippen molar-refractivity contribution in [2.24, 2.45) is 0 Å². The maximum atomic E-state index is 12.9. The molecule has 7 nitrogen and oxygen atoms in total. The van der Waals surface area contributed by atoms with Gasteiger partial charge in [-0.1, -0.05) is 24.3 Å². The number of sulfonamides is 1. The summed E-state index contributed by atoms with van der Waals surface area (Å²) in [7, 11) is -2.27. The summed E-state index contributed by atoms with van der Waals surface area (Å²) in [6.45, 7) is 3.24. The van der Waals surface area contributed by atoms with Gasteiger partial charge in [0.25, 0.3) is 15.9 Å². The molecule has 0 fully saturated rings. The van der Waals surface area contributed by atoms with Crippen molar-refractivity contribution in [3.8, 4) is 0 Å². The highest BCUT2D eigenvalue weighted by atomic mass is 32.2. The number of hydrogen-bond donors (Lipinski definition) is 2. The molecule has 3 rings (SSSR count). The molecule has 2 amide bonds. The molecule has 0 aromatic heterocycles. The molecule has 160 valence electrons. The minimum atomic E-state index is -3.76. The Labute approximate surface area is 181 Å². The molecule has 2 N–H and O–H groups in total. The van der Waals surface area contributed by atoms with Crippen LogP contribution < -0.4 is 14.9 Å². The predicted molar refractivity (Wildman–Crippen MR) is 122 cm³/mol. The van der Waals surface area contributed by atoms with Crippen LogP contribution >= 0.6 is 0 Å². The van der Waals surface area contributed by atoms with Crippen molar-refractivity contribution in [2.75, 3.05) is 22.0 Å². The molecule has 0 heterocycles. The van der Waals surface area contributed by atoms with Crippen LogP contribution in [0, 0.1) is 6.92 Å². The van der Waals surface area contributed by atoms with Gasteiger partial charge in [-0.2, -0.15) is 0 Å². The zero-order valence-corrected chi connectivity index (χ0v) is 18.2. The Morgan fingerprint density at radius 1 is 0.871 bits per heavy atom. The third kappa shape index (κ3) is 5.10. The van der Waals surface area contributed by atoms with Crippen molar-refractivity contribution < 1.29 is 18.0 Å². The molecule has 0 radical (unpaired) electrons. The second-order valence-corrected chi connectivity index (χ2v) is 8.97. The summed E-state index contributed by atoms with van der Waals surface area (Å²) in [5, 5.41) is 5.47. The Kier molecular flexibility index (Phi) is 6.41. The molecule has 0 saturated carbocycles. The molecular weight excluding hydrogens is 414 g/mol. The first-order valence-electron chi connectivity index (χ1n) is 9.52. The normalized spacial score (nSPS) is 10.9. The van der Waals surface area contributed by atoms with Crippen LogP contribution in [0.1, 0.15) is 22.8 Å². The zero-order chi connectivity index (χ0) is 22.6. The third-order valence-corrected chi connectivity index (χ3v) is 6.50. The summed E-state index contributed by atoms with van der Waals surface area (Å²) in [6.07, 6.45) is 0.